The van der Waals surface area contributed by atoms with Crippen LogP contribution in [-0.2, 0) is 5.41 Å². The molecule has 0 aliphatic heterocycles. The summed E-state index contributed by atoms with van der Waals surface area (Å²) in [6, 6.07) is 65.5. The van der Waals surface area contributed by atoms with Gasteiger partial charge in [0.2, 0.25) is 0 Å². The lowest BCUT2D eigenvalue weighted by Crippen LogP contribution is -2.16. The van der Waals surface area contributed by atoms with E-state index in [0.717, 1.165) is 11.4 Å². The SMILES string of the molecule is CC1(C)c2ccccc2-c2ccc(N(c3ccc(-c4cc5c6ccccc6ccc5c5ccccc45)cc3)c3ccc4sc5ccccc5c4c3)cc21. The van der Waals surface area contributed by atoms with E-state index < -0.39 is 0 Å². The van der Waals surface area contributed by atoms with Crippen LogP contribution in [0.25, 0.3) is 74.7 Å². The van der Waals surface area contributed by atoms with Crippen molar-refractivity contribution in [3.8, 4) is 22.3 Å². The Labute approximate surface area is 313 Å². The van der Waals surface area contributed by atoms with E-state index in [9.17, 15) is 0 Å². The number of hydrogen-bond donors (Lipinski definition) is 0. The molecule has 0 spiro atoms. The van der Waals surface area contributed by atoms with Gasteiger partial charge in [0.05, 0.1) is 0 Å². The second-order valence-corrected chi connectivity index (χ2v) is 16.0. The average Bonchev–Trinajstić information content (AvgIpc) is 3.69. The second-order valence-electron chi connectivity index (χ2n) is 14.9. The number of thiophene rings is 1. The van der Waals surface area contributed by atoms with Gasteiger partial charge in [0.1, 0.15) is 0 Å². The molecule has 2 heteroatoms. The van der Waals surface area contributed by atoms with Gasteiger partial charge < -0.3 is 4.90 Å². The number of fused-ring (bicyclic) bond motifs is 11. The van der Waals surface area contributed by atoms with E-state index in [-0.39, 0.29) is 5.41 Å². The number of hydrogen-bond acceptors (Lipinski definition) is 2. The largest absolute Gasteiger partial charge is 0.310 e. The Hall–Kier alpha value is -6.22. The van der Waals surface area contributed by atoms with Gasteiger partial charge in [-0.1, -0.05) is 135 Å². The van der Waals surface area contributed by atoms with Crippen LogP contribution in [0.15, 0.2) is 176 Å². The van der Waals surface area contributed by atoms with Gasteiger partial charge in [-0.3, -0.25) is 0 Å². The van der Waals surface area contributed by atoms with Crippen molar-refractivity contribution >= 4 is 80.9 Å². The molecule has 250 valence electrons. The van der Waals surface area contributed by atoms with Crippen LogP contribution < -0.4 is 4.90 Å². The van der Waals surface area contributed by atoms with Gasteiger partial charge in [-0.05, 0) is 120 Å². The van der Waals surface area contributed by atoms with Crippen molar-refractivity contribution < 1.29 is 0 Å². The van der Waals surface area contributed by atoms with Gasteiger partial charge >= 0.3 is 0 Å². The van der Waals surface area contributed by atoms with E-state index in [0.29, 0.717) is 0 Å². The molecule has 0 saturated carbocycles. The van der Waals surface area contributed by atoms with Gasteiger partial charge in [0.15, 0.2) is 0 Å². The monoisotopic (exact) mass is 693 g/mol. The maximum atomic E-state index is 2.45. The first-order valence-corrected chi connectivity index (χ1v) is 19.2. The van der Waals surface area contributed by atoms with Gasteiger partial charge in [-0.15, -0.1) is 11.3 Å². The molecule has 0 radical (unpaired) electrons. The van der Waals surface area contributed by atoms with Crippen molar-refractivity contribution in [1.82, 2.24) is 0 Å². The number of benzene rings is 9. The first-order valence-electron chi connectivity index (χ1n) is 18.4. The van der Waals surface area contributed by atoms with Crippen molar-refractivity contribution in [1.29, 1.82) is 0 Å². The fourth-order valence-electron chi connectivity index (χ4n) is 9.02. The van der Waals surface area contributed by atoms with Crippen LogP contribution in [0.5, 0.6) is 0 Å². The Kier molecular flexibility index (Phi) is 6.53. The highest BCUT2D eigenvalue weighted by Crippen LogP contribution is 2.51. The van der Waals surface area contributed by atoms with Gasteiger partial charge in [0.25, 0.3) is 0 Å². The summed E-state index contributed by atoms with van der Waals surface area (Å²) < 4.78 is 2.63. The number of rotatable bonds is 4. The zero-order valence-corrected chi connectivity index (χ0v) is 30.4. The van der Waals surface area contributed by atoms with Crippen LogP contribution in [-0.4, -0.2) is 0 Å². The molecule has 0 atom stereocenters. The highest BCUT2D eigenvalue weighted by molar-refractivity contribution is 7.25. The number of nitrogens with zero attached hydrogens (tertiary/aromatic N) is 1. The molecule has 0 bridgehead atoms. The normalized spacial score (nSPS) is 13.2. The van der Waals surface area contributed by atoms with Crippen LogP contribution in [0.3, 0.4) is 0 Å². The summed E-state index contributed by atoms with van der Waals surface area (Å²) in [7, 11) is 0. The summed E-state index contributed by atoms with van der Waals surface area (Å²) in [4.78, 5) is 2.45. The third-order valence-electron chi connectivity index (χ3n) is 11.6. The highest BCUT2D eigenvalue weighted by atomic mass is 32.1. The van der Waals surface area contributed by atoms with Gasteiger partial charge in [-0.2, -0.15) is 0 Å². The zero-order valence-electron chi connectivity index (χ0n) is 29.6. The first-order chi connectivity index (χ1) is 26.0. The summed E-state index contributed by atoms with van der Waals surface area (Å²) in [6.07, 6.45) is 0. The molecule has 0 saturated heterocycles. The van der Waals surface area contributed by atoms with E-state index in [1.54, 1.807) is 0 Å². The molecule has 0 unspecified atom stereocenters. The molecule has 0 amide bonds. The van der Waals surface area contributed by atoms with Crippen molar-refractivity contribution in [2.24, 2.45) is 0 Å². The standard InChI is InChI=1S/C51H35NS/c1-51(2)47-17-9-7-15-41(47)42-27-24-36(30-48(42)51)52(35-25-28-50-46(29-35)43-16-8-10-18-49(43)53-50)34-22-19-33(20-23-34)44-31-45-37-12-4-3-11-32(37)21-26-40(45)38-13-5-6-14-39(38)44/h3-31H,1-2H3. The number of anilines is 3. The second kappa shape index (κ2) is 11.4. The third kappa shape index (κ3) is 4.56. The molecular weight excluding hydrogens is 659 g/mol. The Morgan fingerprint density at radius 1 is 0.377 bits per heavy atom. The molecular formula is C51H35NS. The topological polar surface area (TPSA) is 3.24 Å². The lowest BCUT2D eigenvalue weighted by atomic mass is 9.82. The van der Waals surface area contributed by atoms with E-state index in [2.05, 4.69) is 195 Å². The fraction of sp³-hybridized carbons (Fsp3) is 0.0588. The molecule has 1 aromatic heterocycles. The summed E-state index contributed by atoms with van der Waals surface area (Å²) in [5, 5.41) is 10.3. The van der Waals surface area contributed by atoms with E-state index in [1.807, 2.05) is 11.3 Å². The van der Waals surface area contributed by atoms with Crippen LogP contribution in [0.1, 0.15) is 25.0 Å². The minimum absolute atomic E-state index is 0.0910. The molecule has 0 N–H and O–H groups in total. The van der Waals surface area contributed by atoms with Crippen LogP contribution >= 0.6 is 11.3 Å². The van der Waals surface area contributed by atoms with Crippen LogP contribution in [0, 0.1) is 0 Å². The zero-order chi connectivity index (χ0) is 35.3. The maximum absolute atomic E-state index is 2.45. The predicted octanol–water partition coefficient (Wildman–Crippen LogP) is 15.0. The molecule has 1 aliphatic carbocycles. The lowest BCUT2D eigenvalue weighted by molar-refractivity contribution is 0.660. The minimum Gasteiger partial charge on any atom is -0.310 e. The van der Waals surface area contributed by atoms with E-state index in [1.165, 1.54) is 91.6 Å². The molecule has 1 heterocycles. The predicted molar refractivity (Wildman–Crippen MR) is 230 cm³/mol. The molecule has 10 aromatic rings. The summed E-state index contributed by atoms with van der Waals surface area (Å²) in [5.74, 6) is 0. The molecule has 11 rings (SSSR count). The Balaban J connectivity index is 1.10. The molecule has 1 nitrogen and oxygen atoms in total. The Bertz CT molecular complexity index is 3090. The van der Waals surface area contributed by atoms with Gasteiger partial charge in [0, 0.05) is 42.6 Å². The first kappa shape index (κ1) is 30.4. The van der Waals surface area contributed by atoms with Crippen molar-refractivity contribution in [3.63, 3.8) is 0 Å². The van der Waals surface area contributed by atoms with Crippen molar-refractivity contribution in [2.75, 3.05) is 4.90 Å². The molecule has 1 aliphatic rings. The Morgan fingerprint density at radius 2 is 1.00 bits per heavy atom. The highest BCUT2D eigenvalue weighted by Gasteiger charge is 2.35. The smallest absolute Gasteiger partial charge is 0.0468 e. The average molecular weight is 694 g/mol. The molecule has 9 aromatic carbocycles. The Morgan fingerprint density at radius 3 is 1.87 bits per heavy atom. The third-order valence-corrected chi connectivity index (χ3v) is 12.8. The molecule has 53 heavy (non-hydrogen) atoms. The molecule has 0 fully saturated rings. The summed E-state index contributed by atoms with van der Waals surface area (Å²) in [6.45, 7) is 4.72. The van der Waals surface area contributed by atoms with Crippen molar-refractivity contribution in [3.05, 3.63) is 187 Å². The summed E-state index contributed by atoms with van der Waals surface area (Å²) in [5.41, 5.74) is 11.3. The minimum atomic E-state index is -0.0910. The van der Waals surface area contributed by atoms with Crippen molar-refractivity contribution in [2.45, 2.75) is 19.3 Å². The van der Waals surface area contributed by atoms with Crippen LogP contribution in [0.4, 0.5) is 17.1 Å². The fourth-order valence-corrected chi connectivity index (χ4v) is 10.1. The lowest BCUT2D eigenvalue weighted by Gasteiger charge is -2.28. The van der Waals surface area contributed by atoms with E-state index >= 15 is 0 Å². The summed E-state index contributed by atoms with van der Waals surface area (Å²) >= 11 is 1.87. The quantitative estimate of drug-likeness (QED) is 0.166. The maximum Gasteiger partial charge on any atom is 0.0468 e. The van der Waals surface area contributed by atoms with Gasteiger partial charge in [-0.25, -0.2) is 0 Å². The van der Waals surface area contributed by atoms with Crippen LogP contribution in [0.2, 0.25) is 0 Å². The van der Waals surface area contributed by atoms with E-state index in [4.69, 9.17) is 0 Å².